The minimum atomic E-state index is -2.70. The summed E-state index contributed by atoms with van der Waals surface area (Å²) in [5.74, 6) is 1.66. The third-order valence-corrected chi connectivity index (χ3v) is 10.8. The lowest BCUT2D eigenvalue weighted by molar-refractivity contribution is 0.150. The molecule has 0 atom stereocenters. The summed E-state index contributed by atoms with van der Waals surface area (Å²) in [6.07, 6.45) is 9.98. The molecule has 13 heteroatoms. The Bertz CT molecular complexity index is 1720. The molecule has 5 heterocycles. The highest BCUT2D eigenvalue weighted by Crippen LogP contribution is 2.42. The summed E-state index contributed by atoms with van der Waals surface area (Å²) in [6, 6.07) is 6.81. The highest BCUT2D eigenvalue weighted by molar-refractivity contribution is 9.10. The molecule has 2 saturated heterocycles. The number of nitrogens with one attached hydrogen (secondary N) is 3. The topological polar surface area (TPSA) is 120 Å². The van der Waals surface area contributed by atoms with E-state index in [0.29, 0.717) is 38.8 Å². The Balaban J connectivity index is 1.24. The zero-order chi connectivity index (χ0) is 31.6. The van der Waals surface area contributed by atoms with Gasteiger partial charge < -0.3 is 30.2 Å². The fraction of sp³-hybridized carbons (Fsp3) is 0.438. The number of hydrogen-bond donors (Lipinski definition) is 3. The Kier molecular flexibility index (Phi) is 9.56. The molecule has 0 radical (unpaired) electrons. The maximum Gasteiger partial charge on any atom is 0.229 e. The van der Waals surface area contributed by atoms with E-state index in [4.69, 9.17) is 9.72 Å². The van der Waals surface area contributed by atoms with Gasteiger partial charge in [-0.3, -0.25) is 14.9 Å². The van der Waals surface area contributed by atoms with Gasteiger partial charge in [0.15, 0.2) is 0 Å². The summed E-state index contributed by atoms with van der Waals surface area (Å²) in [6.45, 7) is 12.2. The number of halogens is 1. The number of benzene rings is 1. The number of aryl methyl sites for hydroxylation is 1. The predicted molar refractivity (Wildman–Crippen MR) is 187 cm³/mol. The number of ether oxygens (including phenoxy) is 1. The van der Waals surface area contributed by atoms with Gasteiger partial charge in [0.1, 0.15) is 18.7 Å². The van der Waals surface area contributed by atoms with Crippen LogP contribution in [0, 0.1) is 0 Å². The molecule has 3 aromatic heterocycles. The van der Waals surface area contributed by atoms with Gasteiger partial charge >= 0.3 is 0 Å². The average molecular weight is 695 g/mol. The molecular formula is C32H41BrN9O2P. The van der Waals surface area contributed by atoms with E-state index in [1.165, 1.54) is 24.1 Å². The van der Waals surface area contributed by atoms with Gasteiger partial charge in [-0.1, -0.05) is 6.92 Å². The number of hydrogen-bond acceptors (Lipinski definition) is 11. The van der Waals surface area contributed by atoms with Crippen molar-refractivity contribution in [3.8, 4) is 5.75 Å². The zero-order valence-electron chi connectivity index (χ0n) is 26.3. The summed E-state index contributed by atoms with van der Waals surface area (Å²) in [7, 11) is -1.00. The first kappa shape index (κ1) is 31.7. The monoisotopic (exact) mass is 693 g/mol. The Morgan fingerprint density at radius 3 is 2.53 bits per heavy atom. The van der Waals surface area contributed by atoms with Crippen LogP contribution in [0.15, 0.2) is 47.5 Å². The van der Waals surface area contributed by atoms with Gasteiger partial charge in [0, 0.05) is 80.1 Å². The number of rotatable bonds is 9. The standard InChI is InChI=1S/C32H41BrN9O2P/c1-5-21-16-25(29(44-2)17-28(21)42-12-7-22(8-13-42)41-14-10-34-11-15-41)39-32-37-18-24(33)31(40-32)38-27-20-36-26-19-35-9-6-23(26)30(27)45(3,4)43/h6,9,16-20,22,34H,5,7-8,10-15H2,1-4H3,(H2,37,38,39,40). The molecule has 4 aromatic rings. The predicted octanol–water partition coefficient (Wildman–Crippen LogP) is 5.36. The van der Waals surface area contributed by atoms with Gasteiger partial charge in [-0.15, -0.1) is 0 Å². The number of methoxy groups -OCH3 is 1. The molecule has 0 unspecified atom stereocenters. The zero-order valence-corrected chi connectivity index (χ0v) is 28.8. The summed E-state index contributed by atoms with van der Waals surface area (Å²) in [4.78, 5) is 23.2. The Hall–Kier alpha value is -3.31. The summed E-state index contributed by atoms with van der Waals surface area (Å²) in [5.41, 5.74) is 4.60. The number of pyridine rings is 2. The van der Waals surface area contributed by atoms with Crippen LogP contribution in [0.25, 0.3) is 10.9 Å². The molecule has 0 amide bonds. The fourth-order valence-electron chi connectivity index (χ4n) is 6.44. The van der Waals surface area contributed by atoms with Crippen molar-refractivity contribution < 1.29 is 9.30 Å². The van der Waals surface area contributed by atoms with Crippen molar-refractivity contribution in [3.05, 3.63) is 53.0 Å². The van der Waals surface area contributed by atoms with Crippen LogP contribution in [-0.4, -0.2) is 90.6 Å². The lowest BCUT2D eigenvalue weighted by Crippen LogP contribution is -2.52. The molecule has 3 N–H and O–H groups in total. The lowest BCUT2D eigenvalue weighted by atomic mass is 9.99. The molecule has 2 aliphatic heterocycles. The first-order valence-electron chi connectivity index (χ1n) is 15.5. The normalized spacial score (nSPS) is 16.6. The molecular weight excluding hydrogens is 653 g/mol. The van der Waals surface area contributed by atoms with E-state index < -0.39 is 7.14 Å². The van der Waals surface area contributed by atoms with Gasteiger partial charge in [-0.2, -0.15) is 4.98 Å². The fourth-order valence-corrected chi connectivity index (χ4v) is 8.19. The lowest BCUT2D eigenvalue weighted by Gasteiger charge is -2.41. The molecule has 238 valence electrons. The molecule has 0 saturated carbocycles. The Morgan fingerprint density at radius 1 is 1.04 bits per heavy atom. The molecule has 0 bridgehead atoms. The number of nitrogens with zero attached hydrogens (tertiary/aromatic N) is 6. The van der Waals surface area contributed by atoms with Gasteiger partial charge in [-0.25, -0.2) is 4.98 Å². The van der Waals surface area contributed by atoms with Crippen molar-refractivity contribution in [1.82, 2.24) is 30.2 Å². The van der Waals surface area contributed by atoms with E-state index in [1.54, 1.807) is 45.2 Å². The van der Waals surface area contributed by atoms with Crippen molar-refractivity contribution in [3.63, 3.8) is 0 Å². The molecule has 1 aromatic carbocycles. The largest absolute Gasteiger partial charge is 0.494 e. The van der Waals surface area contributed by atoms with E-state index in [9.17, 15) is 4.57 Å². The van der Waals surface area contributed by atoms with Gasteiger partial charge in [0.2, 0.25) is 5.95 Å². The molecule has 2 aliphatic rings. The summed E-state index contributed by atoms with van der Waals surface area (Å²) < 4.78 is 20.0. The quantitative estimate of drug-likeness (QED) is 0.197. The van der Waals surface area contributed by atoms with Gasteiger partial charge in [0.05, 0.1) is 40.9 Å². The van der Waals surface area contributed by atoms with Crippen molar-refractivity contribution >= 4 is 68.1 Å². The number of piperidine rings is 1. The second kappa shape index (κ2) is 13.6. The van der Waals surface area contributed by atoms with Crippen molar-refractivity contribution in [2.45, 2.75) is 32.2 Å². The minimum absolute atomic E-state index is 0.404. The average Bonchev–Trinajstić information content (AvgIpc) is 3.06. The van der Waals surface area contributed by atoms with Gasteiger partial charge in [-0.05, 0) is 66.2 Å². The van der Waals surface area contributed by atoms with E-state index >= 15 is 0 Å². The van der Waals surface area contributed by atoms with Crippen LogP contribution in [0.3, 0.4) is 0 Å². The van der Waals surface area contributed by atoms with Crippen LogP contribution in [0.4, 0.5) is 28.8 Å². The van der Waals surface area contributed by atoms with Gasteiger partial charge in [0.25, 0.3) is 0 Å². The maximum absolute atomic E-state index is 13.4. The molecule has 11 nitrogen and oxygen atoms in total. The number of piperazine rings is 1. The van der Waals surface area contributed by atoms with Crippen molar-refractivity contribution in [1.29, 1.82) is 0 Å². The number of anilines is 5. The third kappa shape index (κ3) is 6.94. The van der Waals surface area contributed by atoms with Crippen LogP contribution in [0.5, 0.6) is 5.75 Å². The molecule has 2 fully saturated rings. The summed E-state index contributed by atoms with van der Waals surface area (Å²) in [5, 5.41) is 11.7. The first-order valence-corrected chi connectivity index (χ1v) is 18.9. The minimum Gasteiger partial charge on any atom is -0.494 e. The van der Waals surface area contributed by atoms with Crippen LogP contribution in [0.1, 0.15) is 25.3 Å². The van der Waals surface area contributed by atoms with Crippen LogP contribution >= 0.6 is 23.1 Å². The maximum atomic E-state index is 13.4. The highest BCUT2D eigenvalue weighted by Gasteiger charge is 2.27. The Labute approximate surface area is 273 Å². The molecule has 45 heavy (non-hydrogen) atoms. The van der Waals surface area contributed by atoms with E-state index in [1.807, 2.05) is 6.07 Å². The first-order chi connectivity index (χ1) is 21.7. The Morgan fingerprint density at radius 2 is 1.82 bits per heavy atom. The van der Waals surface area contributed by atoms with E-state index in [0.717, 1.165) is 62.5 Å². The smallest absolute Gasteiger partial charge is 0.229 e. The SMILES string of the molecule is CCc1cc(Nc2ncc(Br)c(Nc3cnc4cnccc4c3P(C)(C)=O)n2)c(OC)cc1N1CCC(N2CCNCC2)CC1. The number of aromatic nitrogens is 4. The van der Waals surface area contributed by atoms with Crippen LogP contribution < -0.4 is 30.9 Å². The molecule has 0 aliphatic carbocycles. The van der Waals surface area contributed by atoms with Crippen LogP contribution in [-0.2, 0) is 11.0 Å². The second-order valence-corrected chi connectivity index (χ2v) is 15.9. The molecule has 6 rings (SSSR count). The van der Waals surface area contributed by atoms with E-state index in [-0.39, 0.29) is 0 Å². The number of fused-ring (bicyclic) bond motifs is 1. The van der Waals surface area contributed by atoms with Crippen LogP contribution in [0.2, 0.25) is 0 Å². The second-order valence-electron chi connectivity index (χ2n) is 11.9. The van der Waals surface area contributed by atoms with E-state index in [2.05, 4.69) is 75.7 Å². The van der Waals surface area contributed by atoms with Crippen molar-refractivity contribution in [2.75, 3.05) is 75.2 Å². The molecule has 0 spiro atoms. The third-order valence-electron chi connectivity index (χ3n) is 8.68. The summed E-state index contributed by atoms with van der Waals surface area (Å²) >= 11 is 3.58. The van der Waals surface area contributed by atoms with Crippen molar-refractivity contribution in [2.24, 2.45) is 0 Å². The highest BCUT2D eigenvalue weighted by atomic mass is 79.9.